The van der Waals surface area contributed by atoms with Crippen LogP contribution in [0.5, 0.6) is 0 Å². The average Bonchev–Trinajstić information content (AvgIpc) is 2.15. The van der Waals surface area contributed by atoms with Crippen LogP contribution >= 0.6 is 0 Å². The van der Waals surface area contributed by atoms with Gasteiger partial charge in [-0.3, -0.25) is 4.79 Å². The van der Waals surface area contributed by atoms with Crippen LogP contribution in [0.15, 0.2) is 5.16 Å². The van der Waals surface area contributed by atoms with Crippen LogP contribution in [0, 0.1) is 5.92 Å². The molecule has 1 atom stereocenters. The quantitative estimate of drug-likeness (QED) is 0.233. The Bertz CT molecular complexity index is 202. The molecule has 4 heteroatoms. The lowest BCUT2D eigenvalue weighted by Crippen LogP contribution is -2.22. The van der Waals surface area contributed by atoms with Gasteiger partial charge in [-0.2, -0.15) is 0 Å². The van der Waals surface area contributed by atoms with Crippen LogP contribution < -0.4 is 0 Å². The molecule has 0 saturated carbocycles. The molecule has 0 aromatic carbocycles. The maximum Gasteiger partial charge on any atom is 0.314 e. The zero-order chi connectivity index (χ0) is 11.7. The summed E-state index contributed by atoms with van der Waals surface area (Å²) in [5, 5.41) is 11.4. The summed E-state index contributed by atoms with van der Waals surface area (Å²) in [7, 11) is 0. The SMILES string of the molecule is CCCCCC(/C=N\O)C(=O)OC(C)C. The Balaban J connectivity index is 4.07. The molecule has 0 aromatic rings. The highest BCUT2D eigenvalue weighted by Gasteiger charge is 2.18. The van der Waals surface area contributed by atoms with E-state index in [1.54, 1.807) is 13.8 Å². The number of esters is 1. The van der Waals surface area contributed by atoms with Gasteiger partial charge >= 0.3 is 5.97 Å². The minimum Gasteiger partial charge on any atom is -0.462 e. The molecule has 0 aromatic heterocycles. The van der Waals surface area contributed by atoms with Crippen molar-refractivity contribution in [3.8, 4) is 0 Å². The Labute approximate surface area is 91.3 Å². The van der Waals surface area contributed by atoms with Crippen LogP contribution in [-0.4, -0.2) is 23.5 Å². The van der Waals surface area contributed by atoms with Gasteiger partial charge in [-0.05, 0) is 20.3 Å². The highest BCUT2D eigenvalue weighted by molar-refractivity contribution is 5.89. The summed E-state index contributed by atoms with van der Waals surface area (Å²) in [6, 6.07) is 0. The van der Waals surface area contributed by atoms with Crippen LogP contribution in [-0.2, 0) is 9.53 Å². The lowest BCUT2D eigenvalue weighted by atomic mass is 10.0. The summed E-state index contributed by atoms with van der Waals surface area (Å²) in [6.07, 6.45) is 4.93. The second kappa shape index (κ2) is 8.26. The lowest BCUT2D eigenvalue weighted by molar-refractivity contribution is -0.150. The summed E-state index contributed by atoms with van der Waals surface area (Å²) in [6.45, 7) is 5.70. The zero-order valence-electron chi connectivity index (χ0n) is 9.77. The monoisotopic (exact) mass is 215 g/mol. The Morgan fingerprint density at radius 2 is 2.13 bits per heavy atom. The molecular weight excluding hydrogens is 194 g/mol. The van der Waals surface area contributed by atoms with Gasteiger partial charge in [0, 0.05) is 0 Å². The van der Waals surface area contributed by atoms with Gasteiger partial charge in [-0.15, -0.1) is 5.16 Å². The van der Waals surface area contributed by atoms with Crippen LogP contribution in [0.4, 0.5) is 0 Å². The lowest BCUT2D eigenvalue weighted by Gasteiger charge is -2.13. The molecule has 0 amide bonds. The van der Waals surface area contributed by atoms with E-state index >= 15 is 0 Å². The summed E-state index contributed by atoms with van der Waals surface area (Å²) >= 11 is 0. The highest BCUT2D eigenvalue weighted by atomic mass is 16.5. The van der Waals surface area contributed by atoms with Gasteiger partial charge in [0.2, 0.25) is 0 Å². The van der Waals surface area contributed by atoms with Gasteiger partial charge in [0.05, 0.1) is 18.2 Å². The van der Waals surface area contributed by atoms with Crippen molar-refractivity contribution in [1.82, 2.24) is 0 Å². The summed E-state index contributed by atoms with van der Waals surface area (Å²) in [4.78, 5) is 11.5. The van der Waals surface area contributed by atoms with Crippen LogP contribution in [0.1, 0.15) is 46.5 Å². The third-order valence-corrected chi connectivity index (χ3v) is 2.02. The highest BCUT2D eigenvalue weighted by Crippen LogP contribution is 2.11. The molecule has 0 aliphatic heterocycles. The van der Waals surface area contributed by atoms with E-state index < -0.39 is 5.92 Å². The van der Waals surface area contributed by atoms with Crippen molar-refractivity contribution in [3.05, 3.63) is 0 Å². The van der Waals surface area contributed by atoms with E-state index in [4.69, 9.17) is 9.94 Å². The summed E-state index contributed by atoms with van der Waals surface area (Å²) < 4.78 is 5.05. The summed E-state index contributed by atoms with van der Waals surface area (Å²) in [5.74, 6) is -0.720. The van der Waals surface area contributed by atoms with E-state index in [0.29, 0.717) is 6.42 Å². The third kappa shape index (κ3) is 6.94. The molecule has 0 spiro atoms. The predicted molar refractivity (Wildman–Crippen MR) is 59.1 cm³/mol. The van der Waals surface area contributed by atoms with E-state index in [1.807, 2.05) is 0 Å². The number of oxime groups is 1. The van der Waals surface area contributed by atoms with E-state index in [-0.39, 0.29) is 12.1 Å². The second-order valence-corrected chi connectivity index (χ2v) is 3.85. The van der Waals surface area contributed by atoms with Crippen molar-refractivity contribution in [2.45, 2.75) is 52.6 Å². The second-order valence-electron chi connectivity index (χ2n) is 3.85. The van der Waals surface area contributed by atoms with E-state index in [2.05, 4.69) is 12.1 Å². The molecule has 0 aliphatic carbocycles. The number of nitrogens with zero attached hydrogens (tertiary/aromatic N) is 1. The van der Waals surface area contributed by atoms with Gasteiger partial charge < -0.3 is 9.94 Å². The molecule has 0 radical (unpaired) electrons. The maximum absolute atomic E-state index is 11.5. The first-order valence-corrected chi connectivity index (χ1v) is 5.49. The normalized spacial score (nSPS) is 13.3. The van der Waals surface area contributed by atoms with E-state index in [1.165, 1.54) is 6.21 Å². The first-order chi connectivity index (χ1) is 7.11. The smallest absolute Gasteiger partial charge is 0.314 e. The summed E-state index contributed by atoms with van der Waals surface area (Å²) in [5.41, 5.74) is 0. The van der Waals surface area contributed by atoms with Crippen LogP contribution in [0.25, 0.3) is 0 Å². The van der Waals surface area contributed by atoms with Gasteiger partial charge in [-0.25, -0.2) is 0 Å². The number of carbonyl (C=O) groups excluding carboxylic acids is 1. The maximum atomic E-state index is 11.5. The fourth-order valence-corrected chi connectivity index (χ4v) is 1.27. The fourth-order valence-electron chi connectivity index (χ4n) is 1.27. The largest absolute Gasteiger partial charge is 0.462 e. The molecule has 0 bridgehead atoms. The van der Waals surface area contributed by atoms with Crippen molar-refractivity contribution in [2.75, 3.05) is 0 Å². The molecule has 0 heterocycles. The molecule has 4 nitrogen and oxygen atoms in total. The molecular formula is C11H21NO3. The Kier molecular flexibility index (Phi) is 7.68. The number of ether oxygens (including phenoxy) is 1. The molecule has 0 rings (SSSR count). The molecule has 1 N–H and O–H groups in total. The molecule has 0 aliphatic rings. The van der Waals surface area contributed by atoms with Crippen molar-refractivity contribution in [1.29, 1.82) is 0 Å². The minimum atomic E-state index is -0.413. The van der Waals surface area contributed by atoms with Gasteiger partial charge in [-0.1, -0.05) is 26.2 Å². The zero-order valence-corrected chi connectivity index (χ0v) is 9.77. The number of hydrogen-bond donors (Lipinski definition) is 1. The Hall–Kier alpha value is -1.06. The number of rotatable bonds is 7. The van der Waals surface area contributed by atoms with Crippen molar-refractivity contribution in [3.63, 3.8) is 0 Å². The van der Waals surface area contributed by atoms with E-state index in [9.17, 15) is 4.79 Å². The van der Waals surface area contributed by atoms with Crippen LogP contribution in [0.2, 0.25) is 0 Å². The molecule has 88 valence electrons. The molecule has 0 saturated heterocycles. The van der Waals surface area contributed by atoms with Gasteiger partial charge in [0.15, 0.2) is 0 Å². The topological polar surface area (TPSA) is 58.9 Å². The predicted octanol–water partition coefficient (Wildman–Crippen LogP) is 2.59. The first kappa shape index (κ1) is 13.9. The average molecular weight is 215 g/mol. The standard InChI is InChI=1S/C11H21NO3/c1-4-5-6-7-10(8-12-14)11(13)15-9(2)3/h8-10,14H,4-7H2,1-3H3/b12-8-. The minimum absolute atomic E-state index is 0.127. The number of hydrogen-bond acceptors (Lipinski definition) is 4. The van der Waals surface area contributed by atoms with Crippen molar-refractivity contribution >= 4 is 12.2 Å². The number of unbranched alkanes of at least 4 members (excludes halogenated alkanes) is 2. The van der Waals surface area contributed by atoms with Crippen molar-refractivity contribution in [2.24, 2.45) is 11.1 Å². The van der Waals surface area contributed by atoms with Crippen LogP contribution in [0.3, 0.4) is 0 Å². The molecule has 0 fully saturated rings. The Morgan fingerprint density at radius 1 is 1.47 bits per heavy atom. The molecule has 15 heavy (non-hydrogen) atoms. The van der Waals surface area contributed by atoms with E-state index in [0.717, 1.165) is 19.3 Å². The Morgan fingerprint density at radius 3 is 2.60 bits per heavy atom. The third-order valence-electron chi connectivity index (χ3n) is 2.02. The number of carbonyl (C=O) groups is 1. The van der Waals surface area contributed by atoms with Gasteiger partial charge in [0.25, 0.3) is 0 Å². The fraction of sp³-hybridized carbons (Fsp3) is 0.818. The molecule has 1 unspecified atom stereocenters. The first-order valence-electron chi connectivity index (χ1n) is 5.49. The van der Waals surface area contributed by atoms with Crippen molar-refractivity contribution < 1.29 is 14.7 Å². The van der Waals surface area contributed by atoms with Gasteiger partial charge in [0.1, 0.15) is 0 Å².